The normalized spacial score (nSPS) is 14.9. The zero-order chi connectivity index (χ0) is 23.7. The smallest absolute Gasteiger partial charge is 0.418 e. The lowest BCUT2D eigenvalue weighted by Gasteiger charge is -2.37. The highest BCUT2D eigenvalue weighted by Gasteiger charge is 2.36. The number of aromatic hydroxyl groups is 1. The fourth-order valence-corrected chi connectivity index (χ4v) is 4.13. The number of hydrogen-bond donors (Lipinski definition) is 2. The van der Waals surface area contributed by atoms with Gasteiger partial charge in [-0.15, -0.1) is 0 Å². The average molecular weight is 466 g/mol. The maximum Gasteiger partial charge on any atom is 0.418 e. The first-order chi connectivity index (χ1) is 16.4. The van der Waals surface area contributed by atoms with E-state index >= 15 is 0 Å². The minimum absolute atomic E-state index is 0.0853. The molecule has 174 valence electrons. The molecule has 0 saturated carbocycles. The third kappa shape index (κ3) is 4.26. The van der Waals surface area contributed by atoms with E-state index in [2.05, 4.69) is 19.9 Å². The zero-order valence-corrected chi connectivity index (χ0v) is 18.0. The molecule has 2 aromatic heterocycles. The molecule has 0 aliphatic carbocycles. The number of nitrogens with zero attached hydrogens (tertiary/aromatic N) is 5. The second kappa shape index (κ2) is 8.69. The van der Waals surface area contributed by atoms with E-state index in [1.54, 1.807) is 41.6 Å². The van der Waals surface area contributed by atoms with E-state index in [0.717, 1.165) is 11.5 Å². The van der Waals surface area contributed by atoms with Crippen molar-refractivity contribution >= 4 is 34.4 Å². The fraction of sp³-hybridized carbons (Fsp3) is 0.208. The van der Waals surface area contributed by atoms with E-state index in [4.69, 9.17) is 0 Å². The molecule has 2 N–H and O–H groups in total. The SMILES string of the molecule is Oc1[nH]c2ccccc2c1C=Nc1ccc(N2CCN(c3ncccn3)CC2)c(C(F)(F)F)c1. The lowest BCUT2D eigenvalue weighted by Crippen LogP contribution is -2.47. The Balaban J connectivity index is 1.40. The quantitative estimate of drug-likeness (QED) is 0.424. The standard InChI is InChI=1S/C24H21F3N6O/c25-24(26,27)19-14-16(30-15-18-17-4-1-2-5-20(17)31-22(18)34)6-7-21(19)32-10-12-33(13-11-32)23-28-8-3-9-29-23/h1-9,14-15,31,34H,10-13H2. The first-order valence-electron chi connectivity index (χ1n) is 10.7. The molecule has 0 radical (unpaired) electrons. The molecule has 1 saturated heterocycles. The molecule has 2 aromatic carbocycles. The molecular weight excluding hydrogens is 445 g/mol. The van der Waals surface area contributed by atoms with Crippen LogP contribution >= 0.6 is 0 Å². The number of H-pyrrole nitrogens is 1. The van der Waals surface area contributed by atoms with Crippen LogP contribution in [0.2, 0.25) is 0 Å². The van der Waals surface area contributed by atoms with Gasteiger partial charge in [-0.3, -0.25) is 4.99 Å². The van der Waals surface area contributed by atoms with Crippen LogP contribution in [0.3, 0.4) is 0 Å². The van der Waals surface area contributed by atoms with Gasteiger partial charge in [0.25, 0.3) is 0 Å². The number of anilines is 2. The van der Waals surface area contributed by atoms with Crippen LogP contribution in [0, 0.1) is 0 Å². The van der Waals surface area contributed by atoms with Crippen molar-refractivity contribution in [1.29, 1.82) is 0 Å². The summed E-state index contributed by atoms with van der Waals surface area (Å²) in [5.41, 5.74) is 0.669. The van der Waals surface area contributed by atoms with Crippen LogP contribution < -0.4 is 9.80 Å². The Bertz CT molecular complexity index is 1330. The number of alkyl halides is 3. The molecule has 1 fully saturated rings. The molecule has 0 spiro atoms. The van der Waals surface area contributed by atoms with E-state index in [1.807, 2.05) is 17.0 Å². The summed E-state index contributed by atoms with van der Waals surface area (Å²) in [5.74, 6) is 0.487. The van der Waals surface area contributed by atoms with Gasteiger partial charge in [0, 0.05) is 61.4 Å². The van der Waals surface area contributed by atoms with Crippen LogP contribution in [0.1, 0.15) is 11.1 Å². The zero-order valence-electron chi connectivity index (χ0n) is 18.0. The van der Waals surface area contributed by atoms with Gasteiger partial charge in [0.1, 0.15) is 0 Å². The maximum atomic E-state index is 14.0. The van der Waals surface area contributed by atoms with Gasteiger partial charge >= 0.3 is 6.18 Å². The molecule has 1 aliphatic rings. The Hall–Kier alpha value is -4.08. The second-order valence-electron chi connectivity index (χ2n) is 7.91. The van der Waals surface area contributed by atoms with Crippen molar-refractivity contribution in [2.75, 3.05) is 36.0 Å². The van der Waals surface area contributed by atoms with Crippen molar-refractivity contribution in [3.05, 3.63) is 72.1 Å². The summed E-state index contributed by atoms with van der Waals surface area (Å²) in [5, 5.41) is 10.9. The Morgan fingerprint density at radius 3 is 2.38 bits per heavy atom. The summed E-state index contributed by atoms with van der Waals surface area (Å²) in [6.07, 6.45) is 0.128. The van der Waals surface area contributed by atoms with E-state index in [-0.39, 0.29) is 17.3 Å². The molecule has 10 heteroatoms. The number of benzene rings is 2. The Labute approximate surface area is 193 Å². The lowest BCUT2D eigenvalue weighted by atomic mass is 10.1. The van der Waals surface area contributed by atoms with Crippen molar-refractivity contribution in [2.24, 2.45) is 4.99 Å². The van der Waals surface area contributed by atoms with Crippen LogP contribution in [0.5, 0.6) is 5.88 Å². The van der Waals surface area contributed by atoms with Crippen molar-refractivity contribution < 1.29 is 18.3 Å². The number of nitrogens with one attached hydrogen (secondary N) is 1. The number of aromatic nitrogens is 3. The van der Waals surface area contributed by atoms with E-state index in [0.29, 0.717) is 43.2 Å². The number of hydrogen-bond acceptors (Lipinski definition) is 6. The number of para-hydroxylation sites is 1. The summed E-state index contributed by atoms with van der Waals surface area (Å²) in [6, 6.07) is 13.0. The Morgan fingerprint density at radius 2 is 1.65 bits per heavy atom. The van der Waals surface area contributed by atoms with Crippen LogP contribution in [0.15, 0.2) is 65.9 Å². The van der Waals surface area contributed by atoms with Crippen molar-refractivity contribution in [3.63, 3.8) is 0 Å². The maximum absolute atomic E-state index is 14.0. The van der Waals surface area contributed by atoms with Gasteiger partial charge in [-0.25, -0.2) is 9.97 Å². The van der Waals surface area contributed by atoms with Gasteiger partial charge in [0.15, 0.2) is 5.88 Å². The lowest BCUT2D eigenvalue weighted by molar-refractivity contribution is -0.137. The molecular formula is C24H21F3N6O. The number of aliphatic imine (C=N–C) groups is 1. The summed E-state index contributed by atoms with van der Waals surface area (Å²) in [7, 11) is 0. The topological polar surface area (TPSA) is 80.6 Å². The molecule has 0 unspecified atom stereocenters. The molecule has 3 heterocycles. The van der Waals surface area contributed by atoms with Crippen molar-refractivity contribution in [2.45, 2.75) is 6.18 Å². The number of aromatic amines is 1. The highest BCUT2D eigenvalue weighted by atomic mass is 19.4. The first-order valence-corrected chi connectivity index (χ1v) is 10.7. The molecule has 4 aromatic rings. The Morgan fingerprint density at radius 1 is 0.941 bits per heavy atom. The molecule has 1 aliphatic heterocycles. The molecule has 0 atom stereocenters. The van der Waals surface area contributed by atoms with Crippen LogP contribution in [-0.4, -0.2) is 52.5 Å². The molecule has 5 rings (SSSR count). The largest absolute Gasteiger partial charge is 0.494 e. The highest BCUT2D eigenvalue weighted by molar-refractivity contribution is 6.02. The Kier molecular flexibility index (Phi) is 5.56. The predicted molar refractivity (Wildman–Crippen MR) is 125 cm³/mol. The van der Waals surface area contributed by atoms with E-state index < -0.39 is 11.7 Å². The third-order valence-electron chi connectivity index (χ3n) is 5.81. The minimum Gasteiger partial charge on any atom is -0.494 e. The molecule has 0 amide bonds. The number of rotatable bonds is 4. The molecule has 0 bridgehead atoms. The van der Waals surface area contributed by atoms with Crippen LogP contribution in [0.25, 0.3) is 10.9 Å². The first kappa shape index (κ1) is 21.7. The third-order valence-corrected chi connectivity index (χ3v) is 5.81. The monoisotopic (exact) mass is 466 g/mol. The van der Waals surface area contributed by atoms with Gasteiger partial charge in [0.2, 0.25) is 5.95 Å². The summed E-state index contributed by atoms with van der Waals surface area (Å²) < 4.78 is 41.9. The van der Waals surface area contributed by atoms with Crippen molar-refractivity contribution in [1.82, 2.24) is 15.0 Å². The van der Waals surface area contributed by atoms with Crippen molar-refractivity contribution in [3.8, 4) is 5.88 Å². The highest BCUT2D eigenvalue weighted by Crippen LogP contribution is 2.39. The number of piperazine rings is 1. The summed E-state index contributed by atoms with van der Waals surface area (Å²) in [6.45, 7) is 1.85. The minimum atomic E-state index is -4.54. The number of halogens is 3. The second-order valence-corrected chi connectivity index (χ2v) is 7.91. The molecule has 7 nitrogen and oxygen atoms in total. The fourth-order valence-electron chi connectivity index (χ4n) is 4.13. The van der Waals surface area contributed by atoms with Crippen LogP contribution in [-0.2, 0) is 6.18 Å². The number of fused-ring (bicyclic) bond motifs is 1. The van der Waals surface area contributed by atoms with Gasteiger partial charge < -0.3 is 19.9 Å². The van der Waals surface area contributed by atoms with Gasteiger partial charge in [0.05, 0.1) is 16.8 Å². The van der Waals surface area contributed by atoms with Gasteiger partial charge in [-0.2, -0.15) is 13.2 Å². The summed E-state index contributed by atoms with van der Waals surface area (Å²) >= 11 is 0. The predicted octanol–water partition coefficient (Wildman–Crippen LogP) is 4.76. The van der Waals surface area contributed by atoms with Crippen LogP contribution in [0.4, 0.5) is 30.5 Å². The summed E-state index contributed by atoms with van der Waals surface area (Å²) in [4.78, 5) is 19.2. The van der Waals surface area contributed by atoms with Gasteiger partial charge in [-0.05, 0) is 30.3 Å². The van der Waals surface area contributed by atoms with E-state index in [9.17, 15) is 18.3 Å². The van der Waals surface area contributed by atoms with Gasteiger partial charge in [-0.1, -0.05) is 18.2 Å². The molecule has 34 heavy (non-hydrogen) atoms. The van der Waals surface area contributed by atoms with E-state index in [1.165, 1.54) is 12.3 Å². The average Bonchev–Trinajstić information content (AvgIpc) is 3.17.